The maximum atomic E-state index is 5.07. The molecule has 1 aliphatic carbocycles. The molecule has 22 heavy (non-hydrogen) atoms. The van der Waals surface area contributed by atoms with Crippen LogP contribution in [0.25, 0.3) is 0 Å². The van der Waals surface area contributed by atoms with Crippen LogP contribution in [-0.2, 0) is 4.74 Å². The number of aliphatic imine (C=N–C) groups is 1. The minimum absolute atomic E-state index is 0. The third-order valence-electron chi connectivity index (χ3n) is 4.39. The van der Waals surface area contributed by atoms with Crippen LogP contribution >= 0.6 is 24.0 Å². The van der Waals surface area contributed by atoms with Crippen LogP contribution in [0.4, 0.5) is 0 Å². The molecule has 1 saturated carbocycles. The van der Waals surface area contributed by atoms with Gasteiger partial charge in [-0.3, -0.25) is 4.99 Å². The first kappa shape index (κ1) is 21.9. The second-order valence-electron chi connectivity index (χ2n) is 6.52. The van der Waals surface area contributed by atoms with Crippen molar-refractivity contribution in [2.75, 3.05) is 54.0 Å². The molecule has 0 aliphatic heterocycles. The Balaban J connectivity index is 0.00000441. The van der Waals surface area contributed by atoms with Gasteiger partial charge in [0.1, 0.15) is 0 Å². The van der Waals surface area contributed by atoms with Crippen molar-refractivity contribution in [2.45, 2.75) is 39.0 Å². The fraction of sp³-hybridized carbons (Fsp3) is 0.938. The maximum absolute atomic E-state index is 5.07. The summed E-state index contributed by atoms with van der Waals surface area (Å²) in [5.41, 5.74) is 0.453. The van der Waals surface area contributed by atoms with E-state index in [0.717, 1.165) is 45.2 Å². The Hall–Kier alpha value is -0.0800. The normalized spacial score (nSPS) is 17.4. The van der Waals surface area contributed by atoms with Crippen molar-refractivity contribution in [3.8, 4) is 0 Å². The van der Waals surface area contributed by atoms with Crippen LogP contribution in [0.2, 0.25) is 0 Å². The van der Waals surface area contributed by atoms with Crippen LogP contribution in [0.5, 0.6) is 0 Å². The van der Waals surface area contributed by atoms with Gasteiger partial charge in [0.05, 0.1) is 0 Å². The summed E-state index contributed by atoms with van der Waals surface area (Å²) in [6, 6.07) is 0. The van der Waals surface area contributed by atoms with E-state index in [1.807, 2.05) is 7.05 Å². The van der Waals surface area contributed by atoms with E-state index in [1.165, 1.54) is 25.7 Å². The topological polar surface area (TPSA) is 48.9 Å². The van der Waals surface area contributed by atoms with Crippen LogP contribution in [-0.4, -0.2) is 64.9 Å². The molecule has 132 valence electrons. The molecular formula is C16H35IN4O. The Labute approximate surface area is 153 Å². The van der Waals surface area contributed by atoms with E-state index in [9.17, 15) is 0 Å². The Bertz CT molecular complexity index is 307. The number of rotatable bonds is 9. The first-order chi connectivity index (χ1) is 10.1. The summed E-state index contributed by atoms with van der Waals surface area (Å²) in [5, 5.41) is 6.88. The van der Waals surface area contributed by atoms with Crippen molar-refractivity contribution in [1.29, 1.82) is 0 Å². The van der Waals surface area contributed by atoms with Crippen molar-refractivity contribution in [3.05, 3.63) is 0 Å². The average molecular weight is 426 g/mol. The van der Waals surface area contributed by atoms with Gasteiger partial charge in [-0.05, 0) is 31.7 Å². The predicted molar refractivity (Wildman–Crippen MR) is 105 cm³/mol. The van der Waals surface area contributed by atoms with Crippen LogP contribution in [0, 0.1) is 5.41 Å². The molecule has 0 aromatic heterocycles. The number of nitrogens with zero attached hydrogens (tertiary/aromatic N) is 2. The third-order valence-corrected chi connectivity index (χ3v) is 4.39. The molecule has 1 rings (SSSR count). The first-order valence-corrected chi connectivity index (χ1v) is 8.22. The summed E-state index contributed by atoms with van der Waals surface area (Å²) >= 11 is 0. The number of halogens is 1. The standard InChI is InChI=1S/C16H34N4O.HI/c1-16(8-5-6-9-16)14-19-15(17-2)18-10-12-20(3)11-7-13-21-4;/h5-14H2,1-4H3,(H2,17,18,19);1H. The van der Waals surface area contributed by atoms with Crippen molar-refractivity contribution in [3.63, 3.8) is 0 Å². The maximum Gasteiger partial charge on any atom is 0.191 e. The number of likely N-dealkylation sites (N-methyl/N-ethyl adjacent to an activating group) is 1. The number of ether oxygens (including phenoxy) is 1. The fourth-order valence-corrected chi connectivity index (χ4v) is 2.88. The lowest BCUT2D eigenvalue weighted by atomic mass is 9.89. The van der Waals surface area contributed by atoms with E-state index in [1.54, 1.807) is 7.11 Å². The summed E-state index contributed by atoms with van der Waals surface area (Å²) in [6.07, 6.45) is 6.49. The average Bonchev–Trinajstić information content (AvgIpc) is 2.90. The molecule has 0 heterocycles. The third kappa shape index (κ3) is 9.15. The van der Waals surface area contributed by atoms with E-state index >= 15 is 0 Å². The highest BCUT2D eigenvalue weighted by Gasteiger charge is 2.28. The van der Waals surface area contributed by atoms with Gasteiger partial charge in [0.25, 0.3) is 0 Å². The van der Waals surface area contributed by atoms with Crippen molar-refractivity contribution in [1.82, 2.24) is 15.5 Å². The Morgan fingerprint density at radius 2 is 1.91 bits per heavy atom. The molecule has 0 amide bonds. The number of methoxy groups -OCH3 is 1. The molecule has 0 aromatic carbocycles. The molecule has 0 bridgehead atoms. The molecule has 1 aliphatic rings. The zero-order chi connectivity index (χ0) is 15.6. The van der Waals surface area contributed by atoms with Crippen molar-refractivity contribution < 1.29 is 4.74 Å². The van der Waals surface area contributed by atoms with E-state index in [4.69, 9.17) is 4.74 Å². The smallest absolute Gasteiger partial charge is 0.191 e. The van der Waals surface area contributed by atoms with Gasteiger partial charge in [0.15, 0.2) is 5.96 Å². The van der Waals surface area contributed by atoms with Crippen LogP contribution < -0.4 is 10.6 Å². The largest absolute Gasteiger partial charge is 0.385 e. The highest BCUT2D eigenvalue weighted by atomic mass is 127. The first-order valence-electron chi connectivity index (χ1n) is 8.22. The summed E-state index contributed by atoms with van der Waals surface area (Å²) in [6.45, 7) is 7.24. The van der Waals surface area contributed by atoms with Crippen LogP contribution in [0.3, 0.4) is 0 Å². The molecule has 0 radical (unpaired) electrons. The van der Waals surface area contributed by atoms with E-state index < -0.39 is 0 Å². The Kier molecular flexibility index (Phi) is 12.3. The van der Waals surface area contributed by atoms with Gasteiger partial charge in [-0.25, -0.2) is 0 Å². The number of guanidine groups is 1. The molecule has 0 aromatic rings. The molecule has 2 N–H and O–H groups in total. The summed E-state index contributed by atoms with van der Waals surface area (Å²) < 4.78 is 5.07. The van der Waals surface area contributed by atoms with Gasteiger partial charge in [0, 0.05) is 46.9 Å². The Morgan fingerprint density at radius 1 is 1.23 bits per heavy atom. The number of nitrogens with one attached hydrogen (secondary N) is 2. The fourth-order valence-electron chi connectivity index (χ4n) is 2.88. The summed E-state index contributed by atoms with van der Waals surface area (Å²) in [7, 11) is 5.74. The number of hydrogen-bond acceptors (Lipinski definition) is 3. The summed E-state index contributed by atoms with van der Waals surface area (Å²) in [5.74, 6) is 0.924. The minimum atomic E-state index is 0. The molecule has 1 fully saturated rings. The lowest BCUT2D eigenvalue weighted by molar-refractivity contribution is 0.180. The minimum Gasteiger partial charge on any atom is -0.385 e. The molecule has 0 atom stereocenters. The van der Waals surface area contributed by atoms with Gasteiger partial charge in [-0.1, -0.05) is 19.8 Å². The molecule has 0 saturated heterocycles. The molecule has 6 heteroatoms. The van der Waals surface area contributed by atoms with E-state index in [0.29, 0.717) is 5.41 Å². The SMILES string of the molecule is CN=C(NCCN(C)CCCOC)NCC1(C)CCCC1.I. The van der Waals surface area contributed by atoms with Gasteiger partial charge >= 0.3 is 0 Å². The second kappa shape index (κ2) is 12.4. The van der Waals surface area contributed by atoms with E-state index in [2.05, 4.69) is 34.5 Å². The predicted octanol–water partition coefficient (Wildman–Crippen LogP) is 2.32. The van der Waals surface area contributed by atoms with Crippen LogP contribution in [0.15, 0.2) is 4.99 Å². The van der Waals surface area contributed by atoms with Gasteiger partial charge < -0.3 is 20.3 Å². The van der Waals surface area contributed by atoms with Crippen molar-refractivity contribution >= 4 is 29.9 Å². The summed E-state index contributed by atoms with van der Waals surface area (Å²) in [4.78, 5) is 6.63. The van der Waals surface area contributed by atoms with Gasteiger partial charge in [-0.2, -0.15) is 0 Å². The molecule has 0 unspecified atom stereocenters. The highest BCUT2D eigenvalue weighted by molar-refractivity contribution is 14.0. The molecular weight excluding hydrogens is 391 g/mol. The highest BCUT2D eigenvalue weighted by Crippen LogP contribution is 2.36. The zero-order valence-electron chi connectivity index (χ0n) is 14.8. The van der Waals surface area contributed by atoms with Crippen molar-refractivity contribution in [2.24, 2.45) is 10.4 Å². The monoisotopic (exact) mass is 426 g/mol. The van der Waals surface area contributed by atoms with Gasteiger partial charge in [-0.15, -0.1) is 24.0 Å². The molecule has 5 nitrogen and oxygen atoms in total. The Morgan fingerprint density at radius 3 is 2.50 bits per heavy atom. The zero-order valence-corrected chi connectivity index (χ0v) is 17.1. The molecule has 0 spiro atoms. The second-order valence-corrected chi connectivity index (χ2v) is 6.52. The lowest BCUT2D eigenvalue weighted by Gasteiger charge is -2.25. The van der Waals surface area contributed by atoms with Crippen LogP contribution in [0.1, 0.15) is 39.0 Å². The van der Waals surface area contributed by atoms with Gasteiger partial charge in [0.2, 0.25) is 0 Å². The quantitative estimate of drug-likeness (QED) is 0.257. The lowest BCUT2D eigenvalue weighted by Crippen LogP contribution is -2.44. The number of hydrogen-bond donors (Lipinski definition) is 2. The van der Waals surface area contributed by atoms with E-state index in [-0.39, 0.29) is 24.0 Å².